The molecule has 0 saturated heterocycles. The SMILES string of the molecule is Cc1ccc(Br)c(Nc2ccc(N)c(OC(C)C)c2)c1. The van der Waals surface area contributed by atoms with Crippen molar-refractivity contribution in [2.75, 3.05) is 11.1 Å². The topological polar surface area (TPSA) is 47.3 Å². The third kappa shape index (κ3) is 3.67. The lowest BCUT2D eigenvalue weighted by Gasteiger charge is -2.15. The summed E-state index contributed by atoms with van der Waals surface area (Å²) in [4.78, 5) is 0. The van der Waals surface area contributed by atoms with Gasteiger partial charge in [-0.1, -0.05) is 6.07 Å². The molecule has 106 valence electrons. The Labute approximate surface area is 128 Å². The number of benzene rings is 2. The molecule has 4 heteroatoms. The highest BCUT2D eigenvalue weighted by Crippen LogP contribution is 2.31. The summed E-state index contributed by atoms with van der Waals surface area (Å²) in [6.07, 6.45) is 0.0956. The number of nitrogen functional groups attached to an aromatic ring is 1. The second kappa shape index (κ2) is 6.18. The number of nitrogens with one attached hydrogen (secondary N) is 1. The molecule has 0 spiro atoms. The molecule has 0 unspecified atom stereocenters. The van der Waals surface area contributed by atoms with Gasteiger partial charge >= 0.3 is 0 Å². The van der Waals surface area contributed by atoms with Crippen LogP contribution in [0.5, 0.6) is 5.75 Å². The van der Waals surface area contributed by atoms with Gasteiger partial charge in [0.15, 0.2) is 0 Å². The fourth-order valence-electron chi connectivity index (χ4n) is 1.86. The molecule has 3 N–H and O–H groups in total. The van der Waals surface area contributed by atoms with Crippen LogP contribution >= 0.6 is 15.9 Å². The van der Waals surface area contributed by atoms with Crippen LogP contribution in [0.1, 0.15) is 19.4 Å². The van der Waals surface area contributed by atoms with Gasteiger partial charge in [-0.05, 0) is 66.5 Å². The Hall–Kier alpha value is -1.68. The fourth-order valence-corrected chi connectivity index (χ4v) is 2.20. The van der Waals surface area contributed by atoms with Gasteiger partial charge in [0.05, 0.1) is 17.5 Å². The van der Waals surface area contributed by atoms with Gasteiger partial charge in [0.2, 0.25) is 0 Å². The number of aryl methyl sites for hydroxylation is 1. The molecular weight excluding hydrogens is 316 g/mol. The minimum Gasteiger partial charge on any atom is -0.489 e. The number of rotatable bonds is 4. The molecule has 0 radical (unpaired) electrons. The summed E-state index contributed by atoms with van der Waals surface area (Å²) in [6.45, 7) is 6.03. The van der Waals surface area contributed by atoms with Crippen molar-refractivity contribution in [1.29, 1.82) is 0 Å². The molecule has 2 aromatic carbocycles. The number of hydrogen-bond donors (Lipinski definition) is 2. The first-order chi connectivity index (χ1) is 9.45. The first-order valence-corrected chi connectivity index (χ1v) is 7.34. The van der Waals surface area contributed by atoms with Crippen LogP contribution in [-0.4, -0.2) is 6.10 Å². The summed E-state index contributed by atoms with van der Waals surface area (Å²) in [6, 6.07) is 11.9. The maximum absolute atomic E-state index is 5.92. The standard InChI is InChI=1S/C16H19BrN2O/c1-10(2)20-16-9-12(5-7-14(16)18)19-15-8-11(3)4-6-13(15)17/h4-10,19H,18H2,1-3H3. The average molecular weight is 335 g/mol. The molecule has 0 bridgehead atoms. The number of anilines is 3. The van der Waals surface area contributed by atoms with E-state index in [-0.39, 0.29) is 6.10 Å². The van der Waals surface area contributed by atoms with E-state index in [2.05, 4.69) is 40.3 Å². The van der Waals surface area contributed by atoms with Gasteiger partial charge in [-0.2, -0.15) is 0 Å². The third-order valence-electron chi connectivity index (χ3n) is 2.78. The van der Waals surface area contributed by atoms with Crippen LogP contribution in [0.2, 0.25) is 0 Å². The second-order valence-corrected chi connectivity index (χ2v) is 5.88. The number of nitrogens with two attached hydrogens (primary N) is 1. The lowest BCUT2D eigenvalue weighted by atomic mass is 10.2. The van der Waals surface area contributed by atoms with E-state index in [1.54, 1.807) is 0 Å². The Kier molecular flexibility index (Phi) is 4.55. The summed E-state index contributed by atoms with van der Waals surface area (Å²) < 4.78 is 6.72. The van der Waals surface area contributed by atoms with Gasteiger partial charge < -0.3 is 15.8 Å². The quantitative estimate of drug-likeness (QED) is 0.784. The summed E-state index contributed by atoms with van der Waals surface area (Å²) in [7, 11) is 0. The molecule has 0 aliphatic heterocycles. The van der Waals surface area contributed by atoms with Crippen molar-refractivity contribution < 1.29 is 4.74 Å². The van der Waals surface area contributed by atoms with Gasteiger partial charge in [-0.25, -0.2) is 0 Å². The molecule has 0 heterocycles. The van der Waals surface area contributed by atoms with Crippen molar-refractivity contribution in [3.8, 4) is 5.75 Å². The van der Waals surface area contributed by atoms with Crippen molar-refractivity contribution in [3.05, 3.63) is 46.4 Å². The predicted octanol–water partition coefficient (Wildman–Crippen LogP) is 4.87. The first-order valence-electron chi connectivity index (χ1n) is 6.55. The highest BCUT2D eigenvalue weighted by molar-refractivity contribution is 9.10. The van der Waals surface area contributed by atoms with Crippen LogP contribution in [0.4, 0.5) is 17.1 Å². The molecule has 0 atom stereocenters. The molecule has 3 nitrogen and oxygen atoms in total. The zero-order chi connectivity index (χ0) is 14.7. The Morgan fingerprint density at radius 1 is 1.15 bits per heavy atom. The lowest BCUT2D eigenvalue weighted by molar-refractivity contribution is 0.244. The number of hydrogen-bond acceptors (Lipinski definition) is 3. The maximum atomic E-state index is 5.92. The average Bonchev–Trinajstić information content (AvgIpc) is 2.37. The monoisotopic (exact) mass is 334 g/mol. The molecule has 0 aliphatic rings. The van der Waals surface area contributed by atoms with E-state index in [4.69, 9.17) is 10.5 Å². The molecule has 0 saturated carbocycles. The summed E-state index contributed by atoms with van der Waals surface area (Å²) in [5.74, 6) is 0.703. The summed E-state index contributed by atoms with van der Waals surface area (Å²) >= 11 is 3.54. The van der Waals surface area contributed by atoms with Gasteiger partial charge in [0.25, 0.3) is 0 Å². The van der Waals surface area contributed by atoms with E-state index in [1.165, 1.54) is 5.56 Å². The van der Waals surface area contributed by atoms with Gasteiger partial charge in [0, 0.05) is 16.2 Å². The molecule has 0 aliphatic carbocycles. The first kappa shape index (κ1) is 14.7. The Balaban J connectivity index is 2.27. The molecular formula is C16H19BrN2O. The Morgan fingerprint density at radius 2 is 1.90 bits per heavy atom. The van der Waals surface area contributed by atoms with E-state index in [9.17, 15) is 0 Å². The highest BCUT2D eigenvalue weighted by atomic mass is 79.9. The normalized spacial score (nSPS) is 10.7. The van der Waals surface area contributed by atoms with Crippen LogP contribution in [0.3, 0.4) is 0 Å². The van der Waals surface area contributed by atoms with Gasteiger partial charge in [-0.3, -0.25) is 0 Å². The molecule has 20 heavy (non-hydrogen) atoms. The minimum absolute atomic E-state index is 0.0956. The minimum atomic E-state index is 0.0956. The van der Waals surface area contributed by atoms with Crippen molar-refractivity contribution in [2.24, 2.45) is 0 Å². The summed E-state index contributed by atoms with van der Waals surface area (Å²) in [5.41, 5.74) is 9.73. The van der Waals surface area contributed by atoms with Gasteiger partial charge in [-0.15, -0.1) is 0 Å². The van der Waals surface area contributed by atoms with E-state index >= 15 is 0 Å². The number of ether oxygens (including phenoxy) is 1. The van der Waals surface area contributed by atoms with Crippen LogP contribution in [0.15, 0.2) is 40.9 Å². The van der Waals surface area contributed by atoms with E-state index in [0.717, 1.165) is 15.8 Å². The third-order valence-corrected chi connectivity index (χ3v) is 3.47. The molecule has 0 fully saturated rings. The van der Waals surface area contributed by atoms with Crippen molar-refractivity contribution >= 4 is 33.0 Å². The number of halogens is 1. The Bertz CT molecular complexity index is 611. The smallest absolute Gasteiger partial charge is 0.144 e. The summed E-state index contributed by atoms with van der Waals surface area (Å²) in [5, 5.41) is 3.37. The zero-order valence-electron chi connectivity index (χ0n) is 11.9. The van der Waals surface area contributed by atoms with Crippen LogP contribution in [0, 0.1) is 6.92 Å². The maximum Gasteiger partial charge on any atom is 0.144 e. The van der Waals surface area contributed by atoms with Crippen molar-refractivity contribution in [2.45, 2.75) is 26.9 Å². The fraction of sp³-hybridized carbons (Fsp3) is 0.250. The molecule has 0 amide bonds. The second-order valence-electron chi connectivity index (χ2n) is 5.03. The lowest BCUT2D eigenvalue weighted by Crippen LogP contribution is -2.07. The Morgan fingerprint density at radius 3 is 2.60 bits per heavy atom. The van der Waals surface area contributed by atoms with Crippen LogP contribution in [-0.2, 0) is 0 Å². The van der Waals surface area contributed by atoms with E-state index in [1.807, 2.05) is 38.1 Å². The van der Waals surface area contributed by atoms with E-state index in [0.29, 0.717) is 11.4 Å². The largest absolute Gasteiger partial charge is 0.489 e. The van der Waals surface area contributed by atoms with Crippen molar-refractivity contribution in [1.82, 2.24) is 0 Å². The van der Waals surface area contributed by atoms with Crippen LogP contribution < -0.4 is 15.8 Å². The van der Waals surface area contributed by atoms with Crippen LogP contribution in [0.25, 0.3) is 0 Å². The van der Waals surface area contributed by atoms with Gasteiger partial charge in [0.1, 0.15) is 5.75 Å². The van der Waals surface area contributed by atoms with E-state index < -0.39 is 0 Å². The molecule has 2 rings (SSSR count). The zero-order valence-corrected chi connectivity index (χ0v) is 13.5. The molecule has 0 aromatic heterocycles. The van der Waals surface area contributed by atoms with Crippen molar-refractivity contribution in [3.63, 3.8) is 0 Å². The predicted molar refractivity (Wildman–Crippen MR) is 88.8 cm³/mol. The molecule has 2 aromatic rings. The highest BCUT2D eigenvalue weighted by Gasteiger charge is 2.06.